The van der Waals surface area contributed by atoms with Crippen molar-refractivity contribution >= 4 is 10.0 Å². The normalized spacial score (nSPS) is 12.0. The maximum atomic E-state index is 5.51. The van der Waals surface area contributed by atoms with E-state index in [1.54, 1.807) is 0 Å². The Morgan fingerprint density at radius 3 is 2.05 bits per heavy atom. The highest BCUT2D eigenvalue weighted by Gasteiger charge is 2.08. The van der Waals surface area contributed by atoms with Crippen LogP contribution in [-0.2, 0) is 23.1 Å². The van der Waals surface area contributed by atoms with E-state index in [1.807, 2.05) is 6.92 Å². The van der Waals surface area contributed by atoms with Crippen molar-refractivity contribution in [2.75, 3.05) is 33.0 Å². The lowest BCUT2D eigenvalue weighted by molar-refractivity contribution is -0.251. The summed E-state index contributed by atoms with van der Waals surface area (Å²) in [4.78, 5) is 0. The Hall–Kier alpha value is 0.0169. The molecule has 5 nitrogen and oxygen atoms in total. The highest BCUT2D eigenvalue weighted by atomic mass is 28.3. The van der Waals surface area contributed by atoms with Crippen LogP contribution in [0.2, 0.25) is 0 Å². The van der Waals surface area contributed by atoms with Crippen LogP contribution >= 0.6 is 0 Å². The highest BCUT2D eigenvalue weighted by molar-refractivity contribution is 6.17. The average Bonchev–Trinajstić information content (AvgIpc) is 2.43. The zero-order valence-corrected chi connectivity index (χ0v) is 14.1. The van der Waals surface area contributed by atoms with Crippen molar-refractivity contribution in [3.63, 3.8) is 0 Å². The van der Waals surface area contributed by atoms with E-state index in [-0.39, 0.29) is 0 Å². The predicted octanol–water partition coefficient (Wildman–Crippen LogP) is 1.97. The summed E-state index contributed by atoms with van der Waals surface area (Å²) in [6.45, 7) is 9.20. The van der Waals surface area contributed by atoms with E-state index in [0.717, 1.165) is 45.5 Å². The van der Waals surface area contributed by atoms with Gasteiger partial charge in [0.25, 0.3) is 6.48 Å². The second kappa shape index (κ2) is 16.1. The van der Waals surface area contributed by atoms with Crippen LogP contribution in [0.4, 0.5) is 0 Å². The molecule has 0 aliphatic rings. The van der Waals surface area contributed by atoms with Crippen LogP contribution in [0.1, 0.15) is 46.5 Å². The molecule has 0 rings (SSSR count). The van der Waals surface area contributed by atoms with Crippen LogP contribution in [0.15, 0.2) is 0 Å². The smallest absolute Gasteiger partial charge is 0.309 e. The third-order valence-corrected chi connectivity index (χ3v) is 3.10. The maximum absolute atomic E-state index is 5.51. The van der Waals surface area contributed by atoms with Crippen LogP contribution in [0.25, 0.3) is 0 Å². The van der Waals surface area contributed by atoms with Gasteiger partial charge in [-0.1, -0.05) is 13.8 Å². The fraction of sp³-hybridized carbons (Fsp3) is 1.00. The Morgan fingerprint density at radius 2 is 1.47 bits per heavy atom. The molecule has 0 aromatic carbocycles. The largest absolute Gasteiger partial charge is 0.399 e. The van der Waals surface area contributed by atoms with Crippen LogP contribution in [0.3, 0.4) is 0 Å². The maximum Gasteiger partial charge on any atom is 0.309 e. The van der Waals surface area contributed by atoms with E-state index in [9.17, 15) is 0 Å². The minimum absolute atomic E-state index is 0.546. The van der Waals surface area contributed by atoms with Gasteiger partial charge in [-0.15, -0.1) is 0 Å². The van der Waals surface area contributed by atoms with Crippen molar-refractivity contribution in [1.29, 1.82) is 0 Å². The zero-order valence-electron chi connectivity index (χ0n) is 12.7. The molecule has 0 amide bonds. The molecule has 0 bridgehead atoms. The van der Waals surface area contributed by atoms with Gasteiger partial charge in [0.15, 0.2) is 0 Å². The molecule has 0 aliphatic heterocycles. The lowest BCUT2D eigenvalue weighted by Crippen LogP contribution is -2.25. The SMILES string of the molecule is CCCOC(OCCC)O[SiH2]OCCCCOCC. The molecule has 0 spiro atoms. The van der Waals surface area contributed by atoms with Crippen LogP contribution in [0.5, 0.6) is 0 Å². The molecule has 0 saturated heterocycles. The van der Waals surface area contributed by atoms with E-state index < -0.39 is 16.5 Å². The standard InChI is InChI=1S/C13H30O5Si/c1-4-9-15-13(16-10-5-2)18-19-17-12-8-7-11-14-6-3/h13H,4-12,19H2,1-3H3. The second-order valence-corrected chi connectivity index (χ2v) is 5.10. The highest BCUT2D eigenvalue weighted by Crippen LogP contribution is 2.00. The van der Waals surface area contributed by atoms with Gasteiger partial charge in [0.2, 0.25) is 0 Å². The first-order valence-corrected chi connectivity index (χ1v) is 8.50. The lowest BCUT2D eigenvalue weighted by atomic mass is 10.3. The van der Waals surface area contributed by atoms with Gasteiger partial charge in [0.05, 0.1) is 13.2 Å². The molecular weight excluding hydrogens is 264 g/mol. The van der Waals surface area contributed by atoms with E-state index in [1.165, 1.54) is 0 Å². The summed E-state index contributed by atoms with van der Waals surface area (Å²) in [7, 11) is -1.02. The number of rotatable bonds is 15. The van der Waals surface area contributed by atoms with Crippen molar-refractivity contribution in [3.05, 3.63) is 0 Å². The van der Waals surface area contributed by atoms with E-state index in [0.29, 0.717) is 13.2 Å². The fourth-order valence-electron chi connectivity index (χ4n) is 1.29. The Bertz CT molecular complexity index is 163. The summed E-state index contributed by atoms with van der Waals surface area (Å²) in [6.07, 6.45) is 3.95. The lowest BCUT2D eigenvalue weighted by Gasteiger charge is -2.18. The summed E-state index contributed by atoms with van der Waals surface area (Å²) in [5, 5.41) is 0. The number of hydrogen-bond donors (Lipinski definition) is 0. The van der Waals surface area contributed by atoms with Gasteiger partial charge in [-0.2, -0.15) is 0 Å². The second-order valence-electron chi connectivity index (χ2n) is 4.13. The summed E-state index contributed by atoms with van der Waals surface area (Å²) >= 11 is 0. The quantitative estimate of drug-likeness (QED) is 0.262. The topological polar surface area (TPSA) is 46.2 Å². The molecule has 6 heteroatoms. The van der Waals surface area contributed by atoms with Crippen molar-refractivity contribution in [1.82, 2.24) is 0 Å². The van der Waals surface area contributed by atoms with Gasteiger partial charge in [0.1, 0.15) is 0 Å². The summed E-state index contributed by atoms with van der Waals surface area (Å²) in [5.41, 5.74) is 0. The number of hydrogen-bond acceptors (Lipinski definition) is 5. The van der Waals surface area contributed by atoms with E-state index >= 15 is 0 Å². The van der Waals surface area contributed by atoms with Crippen molar-refractivity contribution in [2.24, 2.45) is 0 Å². The van der Waals surface area contributed by atoms with E-state index in [4.69, 9.17) is 23.1 Å². The fourth-order valence-corrected chi connectivity index (χ4v) is 2.01. The van der Waals surface area contributed by atoms with Crippen molar-refractivity contribution in [3.8, 4) is 0 Å². The van der Waals surface area contributed by atoms with E-state index in [2.05, 4.69) is 13.8 Å². The Kier molecular flexibility index (Phi) is 16.1. The minimum Gasteiger partial charge on any atom is -0.399 e. The summed E-state index contributed by atoms with van der Waals surface area (Å²) < 4.78 is 27.2. The monoisotopic (exact) mass is 294 g/mol. The van der Waals surface area contributed by atoms with Crippen LogP contribution in [0, 0.1) is 0 Å². The first-order valence-electron chi connectivity index (χ1n) is 7.35. The van der Waals surface area contributed by atoms with Gasteiger partial charge in [-0.05, 0) is 32.6 Å². The minimum atomic E-state index is -1.02. The number of ether oxygens (including phenoxy) is 3. The summed E-state index contributed by atoms with van der Waals surface area (Å²) in [5.74, 6) is 0. The number of unbranched alkanes of at least 4 members (excludes halogenated alkanes) is 1. The molecule has 0 heterocycles. The van der Waals surface area contributed by atoms with Crippen molar-refractivity contribution < 1.29 is 23.1 Å². The zero-order chi connectivity index (χ0) is 14.2. The van der Waals surface area contributed by atoms with Crippen LogP contribution in [-0.4, -0.2) is 49.5 Å². The van der Waals surface area contributed by atoms with Crippen molar-refractivity contribution in [2.45, 2.75) is 52.9 Å². The molecule has 0 unspecified atom stereocenters. The first-order chi connectivity index (χ1) is 9.35. The predicted molar refractivity (Wildman–Crippen MR) is 77.6 cm³/mol. The van der Waals surface area contributed by atoms with Gasteiger partial charge in [-0.3, -0.25) is 0 Å². The van der Waals surface area contributed by atoms with Crippen LogP contribution < -0.4 is 0 Å². The molecule has 0 saturated carbocycles. The molecule has 116 valence electrons. The average molecular weight is 294 g/mol. The van der Waals surface area contributed by atoms with Gasteiger partial charge in [-0.25, -0.2) is 0 Å². The third-order valence-electron chi connectivity index (χ3n) is 2.24. The molecule has 0 N–H and O–H groups in total. The first kappa shape index (κ1) is 19.0. The molecule has 0 aliphatic carbocycles. The molecule has 0 aromatic heterocycles. The Labute approximate surface area is 120 Å². The molecule has 0 aromatic rings. The van der Waals surface area contributed by atoms with Gasteiger partial charge in [0, 0.05) is 19.8 Å². The molecule has 0 fully saturated rings. The molecular formula is C13H30O5Si. The molecule has 0 radical (unpaired) electrons. The molecule has 0 atom stereocenters. The Balaban J connectivity index is 3.40. The van der Waals surface area contributed by atoms with Gasteiger partial charge < -0.3 is 23.1 Å². The summed E-state index contributed by atoms with van der Waals surface area (Å²) in [6, 6.07) is 0. The third kappa shape index (κ3) is 14.2. The molecule has 19 heavy (non-hydrogen) atoms. The Morgan fingerprint density at radius 1 is 0.842 bits per heavy atom. The van der Waals surface area contributed by atoms with Gasteiger partial charge >= 0.3 is 10.0 Å².